The number of halogens is 1. The minimum Gasteiger partial charge on any atom is -0.495 e. The average Bonchev–Trinajstić information content (AvgIpc) is 2.69. The first-order valence-electron chi connectivity index (χ1n) is 8.98. The number of amides is 1. The summed E-state index contributed by atoms with van der Waals surface area (Å²) >= 11 is 6.11. The Balaban J connectivity index is 1.76. The van der Waals surface area contributed by atoms with Crippen LogP contribution in [0.15, 0.2) is 33.9 Å². The molecule has 28 heavy (non-hydrogen) atoms. The second kappa shape index (κ2) is 8.10. The molecular formula is C19H23ClN4O4. The first-order chi connectivity index (χ1) is 13.3. The normalized spacial score (nSPS) is 16.7. The zero-order valence-electron chi connectivity index (χ0n) is 16.1. The third-order valence-corrected chi connectivity index (χ3v) is 5.33. The molecule has 1 aromatic heterocycles. The highest BCUT2D eigenvalue weighted by Gasteiger charge is 2.27. The maximum absolute atomic E-state index is 12.7. The zero-order valence-corrected chi connectivity index (χ0v) is 16.8. The molecule has 1 aliphatic heterocycles. The van der Waals surface area contributed by atoms with E-state index < -0.39 is 0 Å². The Kier molecular flexibility index (Phi) is 5.79. The van der Waals surface area contributed by atoms with Crippen LogP contribution in [0.2, 0.25) is 5.02 Å². The molecule has 150 valence electrons. The maximum Gasteiger partial charge on any atom is 0.332 e. The van der Waals surface area contributed by atoms with Crippen LogP contribution in [-0.4, -0.2) is 35.2 Å². The predicted octanol–water partition coefficient (Wildman–Crippen LogP) is 1.60. The summed E-state index contributed by atoms with van der Waals surface area (Å²) in [7, 11) is 4.60. The number of anilines is 2. The van der Waals surface area contributed by atoms with E-state index >= 15 is 0 Å². The van der Waals surface area contributed by atoms with E-state index in [4.69, 9.17) is 16.3 Å². The molecule has 1 aliphatic rings. The number of hydrogen-bond donors (Lipinski definition) is 1. The molecule has 9 heteroatoms. The van der Waals surface area contributed by atoms with Gasteiger partial charge in [0.05, 0.1) is 18.1 Å². The van der Waals surface area contributed by atoms with Crippen molar-refractivity contribution in [2.45, 2.75) is 12.8 Å². The van der Waals surface area contributed by atoms with Crippen molar-refractivity contribution in [2.24, 2.45) is 20.0 Å². The van der Waals surface area contributed by atoms with Gasteiger partial charge in [0.2, 0.25) is 5.91 Å². The number of hydrogen-bond acceptors (Lipinski definition) is 5. The highest BCUT2D eigenvalue weighted by atomic mass is 35.5. The first kappa shape index (κ1) is 20.0. The number of rotatable bonds is 4. The van der Waals surface area contributed by atoms with Crippen molar-refractivity contribution >= 4 is 29.0 Å². The van der Waals surface area contributed by atoms with Crippen LogP contribution >= 0.6 is 11.6 Å². The van der Waals surface area contributed by atoms with Crippen molar-refractivity contribution in [2.75, 3.05) is 30.4 Å². The smallest absolute Gasteiger partial charge is 0.332 e. The van der Waals surface area contributed by atoms with Gasteiger partial charge in [0.1, 0.15) is 11.6 Å². The molecule has 1 aromatic carbocycles. The van der Waals surface area contributed by atoms with Crippen molar-refractivity contribution in [3.8, 4) is 5.75 Å². The summed E-state index contributed by atoms with van der Waals surface area (Å²) in [4.78, 5) is 38.9. The number of ether oxygens (including phenoxy) is 1. The van der Waals surface area contributed by atoms with E-state index in [-0.39, 0.29) is 23.1 Å². The van der Waals surface area contributed by atoms with Crippen LogP contribution in [-0.2, 0) is 18.9 Å². The van der Waals surface area contributed by atoms with Gasteiger partial charge in [-0.3, -0.25) is 18.7 Å². The second-order valence-electron chi connectivity index (χ2n) is 6.87. The average molecular weight is 407 g/mol. The van der Waals surface area contributed by atoms with E-state index in [9.17, 15) is 14.4 Å². The molecule has 1 fully saturated rings. The van der Waals surface area contributed by atoms with E-state index in [1.54, 1.807) is 25.2 Å². The fourth-order valence-corrected chi connectivity index (χ4v) is 3.67. The summed E-state index contributed by atoms with van der Waals surface area (Å²) in [6.07, 6.45) is 1.51. The molecule has 0 saturated carbocycles. The lowest BCUT2D eigenvalue weighted by molar-refractivity contribution is -0.120. The first-order valence-corrected chi connectivity index (χ1v) is 9.36. The number of nitrogens with one attached hydrogen (secondary N) is 1. The number of methoxy groups -OCH3 is 1. The Morgan fingerprint density at radius 2 is 1.96 bits per heavy atom. The molecule has 1 unspecified atom stereocenters. The van der Waals surface area contributed by atoms with Crippen LogP contribution in [0, 0.1) is 5.92 Å². The fraction of sp³-hybridized carbons (Fsp3) is 0.421. The van der Waals surface area contributed by atoms with E-state index in [2.05, 4.69) is 5.32 Å². The lowest BCUT2D eigenvalue weighted by Crippen LogP contribution is -2.45. The molecule has 0 bridgehead atoms. The molecular weight excluding hydrogens is 384 g/mol. The van der Waals surface area contributed by atoms with E-state index in [0.717, 1.165) is 17.4 Å². The summed E-state index contributed by atoms with van der Waals surface area (Å²) in [6, 6.07) is 6.50. The molecule has 2 heterocycles. The van der Waals surface area contributed by atoms with Gasteiger partial charge in [0.25, 0.3) is 5.56 Å². The summed E-state index contributed by atoms with van der Waals surface area (Å²) in [6.45, 7) is 1.11. The van der Waals surface area contributed by atoms with Crippen LogP contribution in [0.25, 0.3) is 0 Å². The van der Waals surface area contributed by atoms with Crippen LogP contribution in [0.3, 0.4) is 0 Å². The van der Waals surface area contributed by atoms with Gasteiger partial charge in [-0.1, -0.05) is 11.6 Å². The highest BCUT2D eigenvalue weighted by Crippen LogP contribution is 2.28. The molecule has 1 amide bonds. The Bertz CT molecular complexity index is 1010. The van der Waals surface area contributed by atoms with Crippen LogP contribution in [0.5, 0.6) is 5.75 Å². The molecule has 2 aromatic rings. The number of aromatic nitrogens is 2. The minimum atomic E-state index is -0.387. The predicted molar refractivity (Wildman–Crippen MR) is 108 cm³/mol. The molecule has 0 aliphatic carbocycles. The van der Waals surface area contributed by atoms with Gasteiger partial charge in [0, 0.05) is 38.9 Å². The van der Waals surface area contributed by atoms with Gasteiger partial charge in [0.15, 0.2) is 0 Å². The largest absolute Gasteiger partial charge is 0.495 e. The SMILES string of the molecule is COc1ccc(NC(=O)C2CCCN(c3cc(=O)n(C)c(=O)n3C)C2)cc1Cl. The van der Waals surface area contributed by atoms with E-state index in [1.165, 1.54) is 24.8 Å². The second-order valence-corrected chi connectivity index (χ2v) is 7.27. The molecule has 0 spiro atoms. The third-order valence-electron chi connectivity index (χ3n) is 5.04. The Hall–Kier alpha value is -2.74. The quantitative estimate of drug-likeness (QED) is 0.833. The monoisotopic (exact) mass is 406 g/mol. The Morgan fingerprint density at radius 3 is 2.64 bits per heavy atom. The molecule has 1 N–H and O–H groups in total. The van der Waals surface area contributed by atoms with Crippen molar-refractivity contribution in [3.05, 3.63) is 50.1 Å². The molecule has 0 radical (unpaired) electrons. The van der Waals surface area contributed by atoms with E-state index in [0.29, 0.717) is 35.4 Å². The van der Waals surface area contributed by atoms with Gasteiger partial charge in [-0.2, -0.15) is 0 Å². The van der Waals surface area contributed by atoms with Crippen molar-refractivity contribution in [1.29, 1.82) is 0 Å². The Morgan fingerprint density at radius 1 is 1.21 bits per heavy atom. The lowest BCUT2D eigenvalue weighted by atomic mass is 9.97. The number of nitrogens with zero attached hydrogens (tertiary/aromatic N) is 3. The summed E-state index contributed by atoms with van der Waals surface area (Å²) in [5.74, 6) is 0.668. The molecule has 1 atom stereocenters. The van der Waals surface area contributed by atoms with Crippen molar-refractivity contribution < 1.29 is 9.53 Å². The zero-order chi connectivity index (χ0) is 20.4. The topological polar surface area (TPSA) is 85.6 Å². The van der Waals surface area contributed by atoms with Gasteiger partial charge in [-0.05, 0) is 31.0 Å². The third kappa shape index (κ3) is 3.91. The van der Waals surface area contributed by atoms with Gasteiger partial charge in [-0.25, -0.2) is 4.79 Å². The van der Waals surface area contributed by atoms with Crippen LogP contribution in [0.1, 0.15) is 12.8 Å². The lowest BCUT2D eigenvalue weighted by Gasteiger charge is -2.34. The standard InChI is InChI=1S/C19H23ClN4O4/c1-22-16(10-17(25)23(2)19(22)27)24-8-4-5-12(11-24)18(26)21-13-6-7-15(28-3)14(20)9-13/h6-7,9-10,12H,4-5,8,11H2,1-3H3,(H,21,26). The van der Waals surface area contributed by atoms with Gasteiger partial charge < -0.3 is 15.0 Å². The minimum absolute atomic E-state index is 0.125. The summed E-state index contributed by atoms with van der Waals surface area (Å²) in [5, 5.41) is 3.30. The van der Waals surface area contributed by atoms with Gasteiger partial charge >= 0.3 is 5.69 Å². The Labute approximate surface area is 167 Å². The molecule has 3 rings (SSSR count). The number of benzene rings is 1. The highest BCUT2D eigenvalue weighted by molar-refractivity contribution is 6.32. The number of piperidine rings is 1. The molecule has 8 nitrogen and oxygen atoms in total. The van der Waals surface area contributed by atoms with Crippen LogP contribution < -0.4 is 26.2 Å². The van der Waals surface area contributed by atoms with Gasteiger partial charge in [-0.15, -0.1) is 0 Å². The van der Waals surface area contributed by atoms with Crippen LogP contribution in [0.4, 0.5) is 11.5 Å². The van der Waals surface area contributed by atoms with E-state index in [1.807, 2.05) is 4.90 Å². The number of carbonyl (C=O) groups excluding carboxylic acids is 1. The van der Waals surface area contributed by atoms with Crippen molar-refractivity contribution in [1.82, 2.24) is 9.13 Å². The summed E-state index contributed by atoms with van der Waals surface area (Å²) < 4.78 is 7.61. The fourth-order valence-electron chi connectivity index (χ4n) is 3.41. The number of carbonyl (C=O) groups is 1. The maximum atomic E-state index is 12.7. The summed E-state index contributed by atoms with van der Waals surface area (Å²) in [5.41, 5.74) is -0.159. The molecule has 1 saturated heterocycles. The van der Waals surface area contributed by atoms with Crippen molar-refractivity contribution in [3.63, 3.8) is 0 Å².